The molecule has 6 rings (SSSR count). The Morgan fingerprint density at radius 2 is 1.50 bits per heavy atom. The van der Waals surface area contributed by atoms with Gasteiger partial charge in [-0.2, -0.15) is 0 Å². The summed E-state index contributed by atoms with van der Waals surface area (Å²) < 4.78 is 10.8. The number of phenolic OH excluding ortho intramolecular Hbond substituents is 1. The maximum Gasteiger partial charge on any atom is 0.139 e. The minimum absolute atomic E-state index is 0.146. The molecule has 0 amide bonds. The van der Waals surface area contributed by atoms with Gasteiger partial charge < -0.3 is 14.6 Å². The van der Waals surface area contributed by atoms with E-state index in [0.29, 0.717) is 29.3 Å². The van der Waals surface area contributed by atoms with Gasteiger partial charge in [0.25, 0.3) is 0 Å². The molecule has 3 aliphatic rings. The number of ketones is 1. The summed E-state index contributed by atoms with van der Waals surface area (Å²) in [5.41, 5.74) is 6.27. The maximum atomic E-state index is 12.8. The molecule has 2 fully saturated rings. The van der Waals surface area contributed by atoms with Crippen LogP contribution in [-0.4, -0.2) is 25.1 Å². The number of methoxy groups -OCH3 is 2. The normalized spacial score (nSPS) is 26.6. The molecule has 0 aromatic heterocycles. The predicted molar refractivity (Wildman–Crippen MR) is 142 cm³/mol. The lowest BCUT2D eigenvalue weighted by molar-refractivity contribution is -0.129. The van der Waals surface area contributed by atoms with E-state index < -0.39 is 0 Å². The van der Waals surface area contributed by atoms with Gasteiger partial charge in [0, 0.05) is 23.0 Å². The fourth-order valence-electron chi connectivity index (χ4n) is 7.55. The first-order valence-electron chi connectivity index (χ1n) is 13.2. The zero-order valence-corrected chi connectivity index (χ0v) is 21.3. The average molecular weight is 483 g/mol. The highest BCUT2D eigenvalue weighted by atomic mass is 16.5. The molecule has 1 N–H and O–H groups in total. The Morgan fingerprint density at radius 1 is 0.861 bits per heavy atom. The molecule has 4 nitrogen and oxygen atoms in total. The summed E-state index contributed by atoms with van der Waals surface area (Å²) in [5.74, 6) is 3.83. The van der Waals surface area contributed by atoms with E-state index in [1.165, 1.54) is 11.1 Å². The molecule has 0 spiro atoms. The maximum absolute atomic E-state index is 12.8. The van der Waals surface area contributed by atoms with Gasteiger partial charge in [-0.1, -0.05) is 31.2 Å². The van der Waals surface area contributed by atoms with Crippen molar-refractivity contribution in [2.45, 2.75) is 51.4 Å². The molecule has 0 saturated heterocycles. The lowest BCUT2D eigenvalue weighted by Gasteiger charge is -2.48. The van der Waals surface area contributed by atoms with Crippen LogP contribution in [0.2, 0.25) is 0 Å². The molecule has 3 aromatic rings. The number of hydrogen-bond acceptors (Lipinski definition) is 4. The molecule has 0 radical (unpaired) electrons. The van der Waals surface area contributed by atoms with Crippen molar-refractivity contribution in [3.63, 3.8) is 0 Å². The third kappa shape index (κ3) is 3.45. The smallest absolute Gasteiger partial charge is 0.139 e. The van der Waals surface area contributed by atoms with Crippen LogP contribution in [0.15, 0.2) is 54.6 Å². The van der Waals surface area contributed by atoms with E-state index in [2.05, 4.69) is 13.0 Å². The van der Waals surface area contributed by atoms with Crippen molar-refractivity contribution in [3.05, 3.63) is 65.7 Å². The van der Waals surface area contributed by atoms with Crippen molar-refractivity contribution in [3.8, 4) is 39.5 Å². The van der Waals surface area contributed by atoms with E-state index in [1.807, 2.05) is 48.5 Å². The van der Waals surface area contributed by atoms with Gasteiger partial charge in [0.1, 0.15) is 23.0 Å². The van der Waals surface area contributed by atoms with Crippen LogP contribution in [0.4, 0.5) is 0 Å². The first kappa shape index (κ1) is 23.1. The second kappa shape index (κ2) is 8.69. The monoisotopic (exact) mass is 482 g/mol. The number of Topliss-reactive ketones (excluding diaryl/α,β-unsaturated/α-hetero) is 1. The van der Waals surface area contributed by atoms with E-state index in [1.54, 1.807) is 14.2 Å². The Bertz CT molecular complexity index is 1310. The van der Waals surface area contributed by atoms with E-state index in [4.69, 9.17) is 9.47 Å². The summed E-state index contributed by atoms with van der Waals surface area (Å²) in [7, 11) is 3.33. The highest BCUT2D eigenvalue weighted by Crippen LogP contribution is 2.61. The van der Waals surface area contributed by atoms with Crippen LogP contribution >= 0.6 is 0 Å². The third-order valence-corrected chi connectivity index (χ3v) is 9.49. The highest BCUT2D eigenvalue weighted by Gasteiger charge is 2.54. The van der Waals surface area contributed by atoms with E-state index in [-0.39, 0.29) is 5.41 Å². The summed E-state index contributed by atoms with van der Waals surface area (Å²) >= 11 is 0. The fraction of sp³-hybridized carbons (Fsp3) is 0.406. The molecule has 3 aliphatic carbocycles. The summed E-state index contributed by atoms with van der Waals surface area (Å²) in [6.45, 7) is 2.22. The van der Waals surface area contributed by atoms with Crippen LogP contribution in [-0.2, 0) is 11.2 Å². The quantitative estimate of drug-likeness (QED) is 0.428. The predicted octanol–water partition coefficient (Wildman–Crippen LogP) is 7.17. The van der Waals surface area contributed by atoms with Gasteiger partial charge in [-0.05, 0) is 102 Å². The molecule has 3 aromatic carbocycles. The first-order valence-corrected chi connectivity index (χ1v) is 13.2. The standard InChI is InChI=1S/C32H34O4/c1-32-17-16-23-24(28(32)14-15-29(32)33)12-13-25-27(23)18-26(19-4-8-21(35-2)9-5-19)31(34)30(25)20-6-10-22(36-3)11-7-20/h4-11,18,23-24,28,34H,12-17H2,1-3H3/t23-,24+,28-,32-/m0/s1. The molecular weight excluding hydrogens is 448 g/mol. The van der Waals surface area contributed by atoms with Crippen LogP contribution in [0.1, 0.15) is 56.1 Å². The Morgan fingerprint density at radius 3 is 2.14 bits per heavy atom. The van der Waals surface area contributed by atoms with Gasteiger partial charge in [0.15, 0.2) is 0 Å². The largest absolute Gasteiger partial charge is 0.507 e. The molecule has 36 heavy (non-hydrogen) atoms. The second-order valence-corrected chi connectivity index (χ2v) is 11.0. The molecule has 4 atom stereocenters. The van der Waals surface area contributed by atoms with Crippen molar-refractivity contribution >= 4 is 5.78 Å². The SMILES string of the molecule is COc1ccc(-c2cc3c(c(-c4ccc(OC)cc4)c2O)CC[C@@H]2[C@@H]3CC[C@]3(C)C(=O)CC[C@@H]23)cc1. The summed E-state index contributed by atoms with van der Waals surface area (Å²) in [5, 5.41) is 11.7. The first-order chi connectivity index (χ1) is 17.4. The van der Waals surface area contributed by atoms with Gasteiger partial charge in [-0.25, -0.2) is 0 Å². The highest BCUT2D eigenvalue weighted by molar-refractivity contribution is 5.88. The minimum Gasteiger partial charge on any atom is -0.507 e. The van der Waals surface area contributed by atoms with Crippen LogP contribution in [0.25, 0.3) is 22.3 Å². The van der Waals surface area contributed by atoms with Gasteiger partial charge in [-0.15, -0.1) is 0 Å². The topological polar surface area (TPSA) is 55.8 Å². The molecule has 0 heterocycles. The van der Waals surface area contributed by atoms with E-state index in [0.717, 1.165) is 72.3 Å². The number of hydrogen-bond donors (Lipinski definition) is 1. The van der Waals surface area contributed by atoms with Crippen LogP contribution in [0.3, 0.4) is 0 Å². The number of carbonyl (C=O) groups excluding carboxylic acids is 1. The zero-order valence-electron chi connectivity index (χ0n) is 21.3. The number of aromatic hydroxyl groups is 1. The lowest BCUT2D eigenvalue weighted by atomic mass is 9.55. The number of benzene rings is 3. The second-order valence-electron chi connectivity index (χ2n) is 11.0. The molecule has 0 aliphatic heterocycles. The number of phenols is 1. The molecular formula is C32H34O4. The minimum atomic E-state index is -0.146. The van der Waals surface area contributed by atoms with E-state index >= 15 is 0 Å². The number of carbonyl (C=O) groups is 1. The van der Waals surface area contributed by atoms with Crippen LogP contribution < -0.4 is 9.47 Å². The summed E-state index contributed by atoms with van der Waals surface area (Å²) in [4.78, 5) is 12.8. The molecule has 2 saturated carbocycles. The van der Waals surface area contributed by atoms with Gasteiger partial charge in [0.2, 0.25) is 0 Å². The molecule has 0 bridgehead atoms. The summed E-state index contributed by atoms with van der Waals surface area (Å²) in [6, 6.07) is 18.2. The lowest BCUT2D eigenvalue weighted by Crippen LogP contribution is -2.42. The van der Waals surface area contributed by atoms with Crippen molar-refractivity contribution < 1.29 is 19.4 Å². The van der Waals surface area contributed by atoms with Gasteiger partial charge >= 0.3 is 0 Å². The van der Waals surface area contributed by atoms with Crippen molar-refractivity contribution in [2.24, 2.45) is 17.3 Å². The number of fused-ring (bicyclic) bond motifs is 5. The van der Waals surface area contributed by atoms with Crippen molar-refractivity contribution in [1.29, 1.82) is 0 Å². The summed E-state index contributed by atoms with van der Waals surface area (Å²) in [6.07, 6.45) is 5.77. The fourth-order valence-corrected chi connectivity index (χ4v) is 7.55. The molecule has 4 heteroatoms. The van der Waals surface area contributed by atoms with E-state index in [9.17, 15) is 9.90 Å². The number of ether oxygens (including phenoxy) is 2. The average Bonchev–Trinajstić information content (AvgIpc) is 3.22. The number of rotatable bonds is 4. The third-order valence-electron chi connectivity index (χ3n) is 9.49. The molecule has 0 unspecified atom stereocenters. The Balaban J connectivity index is 1.52. The Labute approximate surface area is 213 Å². The Hall–Kier alpha value is -3.27. The Kier molecular flexibility index (Phi) is 5.59. The van der Waals surface area contributed by atoms with Gasteiger partial charge in [0.05, 0.1) is 14.2 Å². The van der Waals surface area contributed by atoms with Crippen LogP contribution in [0.5, 0.6) is 17.2 Å². The van der Waals surface area contributed by atoms with Crippen molar-refractivity contribution in [1.82, 2.24) is 0 Å². The van der Waals surface area contributed by atoms with Crippen molar-refractivity contribution in [2.75, 3.05) is 14.2 Å². The molecule has 186 valence electrons. The zero-order chi connectivity index (χ0) is 25.0. The van der Waals surface area contributed by atoms with Gasteiger partial charge in [-0.3, -0.25) is 4.79 Å². The van der Waals surface area contributed by atoms with Crippen LogP contribution in [0, 0.1) is 17.3 Å².